The summed E-state index contributed by atoms with van der Waals surface area (Å²) in [6.45, 7) is 2.29. The first-order chi connectivity index (χ1) is 8.20. The van der Waals surface area contributed by atoms with Crippen molar-refractivity contribution < 1.29 is 8.81 Å². The molecule has 90 valence electrons. The fourth-order valence-electron chi connectivity index (χ4n) is 1.54. The molecule has 1 unspecified atom stereocenters. The van der Waals surface area contributed by atoms with Gasteiger partial charge in [0, 0.05) is 11.4 Å². The van der Waals surface area contributed by atoms with Crippen LogP contribution in [0.25, 0.3) is 0 Å². The Labute approximate surface area is 104 Å². The van der Waals surface area contributed by atoms with Crippen molar-refractivity contribution in [3.63, 3.8) is 0 Å². The van der Waals surface area contributed by atoms with Crippen molar-refractivity contribution in [2.24, 2.45) is 5.73 Å². The van der Waals surface area contributed by atoms with Crippen molar-refractivity contribution >= 4 is 11.8 Å². The molecule has 0 aliphatic carbocycles. The Kier molecular flexibility index (Phi) is 3.86. The Balaban J connectivity index is 2.18. The first-order valence-corrected chi connectivity index (χ1v) is 6.26. The van der Waals surface area contributed by atoms with Gasteiger partial charge < -0.3 is 10.2 Å². The number of benzene rings is 1. The maximum absolute atomic E-state index is 13.5. The molecule has 0 fully saturated rings. The first kappa shape index (κ1) is 12.2. The predicted molar refractivity (Wildman–Crippen MR) is 67.5 cm³/mol. The number of nitrogens with two attached hydrogens (primary N) is 1. The van der Waals surface area contributed by atoms with Crippen LogP contribution in [0.3, 0.4) is 0 Å². The molecule has 0 bridgehead atoms. The molecule has 2 N–H and O–H groups in total. The monoisotopic (exact) mass is 251 g/mol. The summed E-state index contributed by atoms with van der Waals surface area (Å²) >= 11 is 1.39. The van der Waals surface area contributed by atoms with Gasteiger partial charge in [0.2, 0.25) is 0 Å². The Morgan fingerprint density at radius 1 is 1.29 bits per heavy atom. The maximum Gasteiger partial charge on any atom is 0.136 e. The summed E-state index contributed by atoms with van der Waals surface area (Å²) in [5, 5.41) is -0.0550. The zero-order valence-electron chi connectivity index (χ0n) is 9.52. The topological polar surface area (TPSA) is 39.2 Å². The second-order valence-corrected chi connectivity index (χ2v) is 4.97. The highest BCUT2D eigenvalue weighted by molar-refractivity contribution is 7.99. The molecule has 1 aromatic carbocycles. The van der Waals surface area contributed by atoms with Crippen molar-refractivity contribution in [3.8, 4) is 0 Å². The van der Waals surface area contributed by atoms with E-state index in [1.165, 1.54) is 17.8 Å². The van der Waals surface area contributed by atoms with Gasteiger partial charge in [-0.3, -0.25) is 0 Å². The third kappa shape index (κ3) is 2.90. The molecule has 2 aromatic rings. The zero-order valence-corrected chi connectivity index (χ0v) is 10.3. The van der Waals surface area contributed by atoms with Gasteiger partial charge in [0.05, 0.1) is 5.25 Å². The summed E-state index contributed by atoms with van der Waals surface area (Å²) in [7, 11) is 0. The lowest BCUT2D eigenvalue weighted by atomic mass is 10.3. The SMILES string of the molecule is Cc1ccc(C(CN)Sc2ccccc2F)o1. The van der Waals surface area contributed by atoms with E-state index >= 15 is 0 Å². The quantitative estimate of drug-likeness (QED) is 0.845. The van der Waals surface area contributed by atoms with Gasteiger partial charge in [-0.2, -0.15) is 0 Å². The maximum atomic E-state index is 13.5. The summed E-state index contributed by atoms with van der Waals surface area (Å²) in [6.07, 6.45) is 0. The number of hydrogen-bond acceptors (Lipinski definition) is 3. The second-order valence-electron chi connectivity index (χ2n) is 3.72. The van der Waals surface area contributed by atoms with Crippen molar-refractivity contribution in [1.29, 1.82) is 0 Å². The van der Waals surface area contributed by atoms with Crippen LogP contribution in [0.2, 0.25) is 0 Å². The molecule has 1 heterocycles. The fourth-order valence-corrected chi connectivity index (χ4v) is 2.53. The molecule has 0 radical (unpaired) electrons. The molecule has 1 aromatic heterocycles. The van der Waals surface area contributed by atoms with Gasteiger partial charge in [0.15, 0.2) is 0 Å². The van der Waals surface area contributed by atoms with Gasteiger partial charge in [-0.25, -0.2) is 4.39 Å². The van der Waals surface area contributed by atoms with E-state index in [1.54, 1.807) is 12.1 Å². The molecule has 2 rings (SSSR count). The number of rotatable bonds is 4. The van der Waals surface area contributed by atoms with Gasteiger partial charge in [-0.15, -0.1) is 11.8 Å². The Morgan fingerprint density at radius 3 is 2.65 bits per heavy atom. The number of hydrogen-bond donors (Lipinski definition) is 1. The normalized spacial score (nSPS) is 12.6. The minimum Gasteiger partial charge on any atom is -0.465 e. The minimum absolute atomic E-state index is 0.0550. The highest BCUT2D eigenvalue weighted by Gasteiger charge is 2.16. The molecule has 0 aliphatic heterocycles. The lowest BCUT2D eigenvalue weighted by molar-refractivity contribution is 0.481. The molecule has 17 heavy (non-hydrogen) atoms. The molecule has 4 heteroatoms. The van der Waals surface area contributed by atoms with E-state index in [0.717, 1.165) is 11.5 Å². The third-order valence-electron chi connectivity index (χ3n) is 2.40. The van der Waals surface area contributed by atoms with Crippen LogP contribution in [0.15, 0.2) is 45.7 Å². The van der Waals surface area contributed by atoms with E-state index in [0.29, 0.717) is 11.4 Å². The fraction of sp³-hybridized carbons (Fsp3) is 0.231. The summed E-state index contributed by atoms with van der Waals surface area (Å²) in [6, 6.07) is 10.5. The van der Waals surface area contributed by atoms with Crippen LogP contribution < -0.4 is 5.73 Å². The van der Waals surface area contributed by atoms with E-state index in [4.69, 9.17) is 10.2 Å². The number of halogens is 1. The van der Waals surface area contributed by atoms with Gasteiger partial charge >= 0.3 is 0 Å². The van der Waals surface area contributed by atoms with Crippen LogP contribution in [-0.4, -0.2) is 6.54 Å². The largest absolute Gasteiger partial charge is 0.465 e. The van der Waals surface area contributed by atoms with Crippen LogP contribution in [-0.2, 0) is 0 Å². The average Bonchev–Trinajstić information content (AvgIpc) is 2.75. The third-order valence-corrected chi connectivity index (χ3v) is 3.69. The van der Waals surface area contributed by atoms with E-state index in [1.807, 2.05) is 25.1 Å². The summed E-state index contributed by atoms with van der Waals surface area (Å²) in [5.41, 5.74) is 5.71. The van der Waals surface area contributed by atoms with Gasteiger partial charge in [-0.1, -0.05) is 12.1 Å². The number of aryl methyl sites for hydroxylation is 1. The molecule has 0 spiro atoms. The van der Waals surface area contributed by atoms with Gasteiger partial charge in [0.1, 0.15) is 17.3 Å². The second kappa shape index (κ2) is 5.38. The lowest BCUT2D eigenvalue weighted by Gasteiger charge is -2.12. The van der Waals surface area contributed by atoms with Crippen molar-refractivity contribution in [1.82, 2.24) is 0 Å². The first-order valence-electron chi connectivity index (χ1n) is 5.38. The van der Waals surface area contributed by atoms with Crippen LogP contribution in [0.4, 0.5) is 4.39 Å². The summed E-state index contributed by atoms with van der Waals surface area (Å²) < 4.78 is 19.0. The van der Waals surface area contributed by atoms with E-state index in [9.17, 15) is 4.39 Å². The predicted octanol–water partition coefficient (Wildman–Crippen LogP) is 3.52. The summed E-state index contributed by atoms with van der Waals surface area (Å²) in [5.74, 6) is 1.41. The van der Waals surface area contributed by atoms with Crippen LogP contribution in [0.5, 0.6) is 0 Å². The minimum atomic E-state index is -0.223. The van der Waals surface area contributed by atoms with Crippen LogP contribution in [0, 0.1) is 12.7 Å². The average molecular weight is 251 g/mol. The molecule has 0 saturated heterocycles. The molecular formula is C13H14FNOS. The van der Waals surface area contributed by atoms with Crippen LogP contribution in [0.1, 0.15) is 16.8 Å². The summed E-state index contributed by atoms with van der Waals surface area (Å²) in [4.78, 5) is 0.594. The smallest absolute Gasteiger partial charge is 0.136 e. The molecule has 0 amide bonds. The van der Waals surface area contributed by atoms with Crippen molar-refractivity contribution in [2.75, 3.05) is 6.54 Å². The Hall–Kier alpha value is -1.26. The lowest BCUT2D eigenvalue weighted by Crippen LogP contribution is -2.08. The number of thioether (sulfide) groups is 1. The van der Waals surface area contributed by atoms with Crippen molar-refractivity contribution in [3.05, 3.63) is 53.7 Å². The molecule has 0 saturated carbocycles. The molecule has 0 aliphatic rings. The van der Waals surface area contributed by atoms with Crippen molar-refractivity contribution in [2.45, 2.75) is 17.1 Å². The van der Waals surface area contributed by atoms with Gasteiger partial charge in [-0.05, 0) is 31.2 Å². The Morgan fingerprint density at radius 2 is 2.06 bits per heavy atom. The molecular weight excluding hydrogens is 237 g/mol. The molecule has 2 nitrogen and oxygen atoms in total. The highest BCUT2D eigenvalue weighted by Crippen LogP contribution is 2.36. The zero-order chi connectivity index (χ0) is 12.3. The Bertz CT molecular complexity index is 498. The van der Waals surface area contributed by atoms with E-state index in [-0.39, 0.29) is 11.1 Å². The van der Waals surface area contributed by atoms with E-state index < -0.39 is 0 Å². The van der Waals surface area contributed by atoms with Gasteiger partial charge in [0.25, 0.3) is 0 Å². The van der Waals surface area contributed by atoms with E-state index in [2.05, 4.69) is 0 Å². The number of furan rings is 1. The molecule has 1 atom stereocenters. The van der Waals surface area contributed by atoms with Crippen LogP contribution >= 0.6 is 11.8 Å². The standard InChI is InChI=1S/C13H14FNOS/c1-9-6-7-11(16-9)13(8-15)17-12-5-3-2-4-10(12)14/h2-7,13H,8,15H2,1H3. The highest BCUT2D eigenvalue weighted by atomic mass is 32.2.